The van der Waals surface area contributed by atoms with Crippen molar-refractivity contribution in [3.05, 3.63) is 0 Å². The first-order valence-corrected chi connectivity index (χ1v) is 6.70. The molecule has 0 fully saturated rings. The van der Waals surface area contributed by atoms with Gasteiger partial charge in [-0.15, -0.1) is 0 Å². The zero-order valence-corrected chi connectivity index (χ0v) is 10.4. The van der Waals surface area contributed by atoms with Crippen LogP contribution in [0, 0.1) is 0 Å². The molecule has 0 N–H and O–H groups in total. The van der Waals surface area contributed by atoms with Crippen LogP contribution in [0.1, 0.15) is 20.3 Å². The van der Waals surface area contributed by atoms with Crippen LogP contribution in [0.5, 0.6) is 0 Å². The van der Waals surface area contributed by atoms with E-state index in [0.29, 0.717) is 5.25 Å². The molecule has 0 amide bonds. The second-order valence-corrected chi connectivity index (χ2v) is 5.08. The summed E-state index contributed by atoms with van der Waals surface area (Å²) in [5, 5.41) is 0.503. The highest BCUT2D eigenvalue weighted by molar-refractivity contribution is 7.81. The first-order chi connectivity index (χ1) is 5.77. The van der Waals surface area contributed by atoms with Crippen molar-refractivity contribution in [2.75, 3.05) is 19.8 Å². The van der Waals surface area contributed by atoms with Gasteiger partial charge in [0.15, 0.2) is 9.76 Å². The van der Waals surface area contributed by atoms with Gasteiger partial charge in [0.1, 0.15) is 0 Å². The van der Waals surface area contributed by atoms with Crippen molar-refractivity contribution in [1.82, 2.24) is 0 Å². The molecule has 74 valence electrons. The average molecular weight is 208 g/mol. The topological polar surface area (TPSA) is 18.5 Å². The SMILES string of the molecule is CCOCCCO[SiH2]CC(C)S. The van der Waals surface area contributed by atoms with Crippen molar-refractivity contribution in [2.24, 2.45) is 0 Å². The molecule has 2 nitrogen and oxygen atoms in total. The fraction of sp³-hybridized carbons (Fsp3) is 1.00. The average Bonchev–Trinajstić information content (AvgIpc) is 2.02. The third-order valence-corrected chi connectivity index (χ3v) is 3.88. The number of ether oxygens (including phenoxy) is 1. The van der Waals surface area contributed by atoms with Gasteiger partial charge in [0.05, 0.1) is 0 Å². The van der Waals surface area contributed by atoms with Gasteiger partial charge < -0.3 is 9.16 Å². The normalized spacial score (nSPS) is 14.2. The van der Waals surface area contributed by atoms with Crippen LogP contribution in [0.4, 0.5) is 0 Å². The van der Waals surface area contributed by atoms with Gasteiger partial charge >= 0.3 is 0 Å². The summed E-state index contributed by atoms with van der Waals surface area (Å²) in [5.41, 5.74) is 0. The van der Waals surface area contributed by atoms with Crippen LogP contribution in [0.3, 0.4) is 0 Å². The van der Waals surface area contributed by atoms with Gasteiger partial charge in [-0.25, -0.2) is 0 Å². The molecular weight excluding hydrogens is 188 g/mol. The van der Waals surface area contributed by atoms with Crippen LogP contribution in [0.25, 0.3) is 0 Å². The van der Waals surface area contributed by atoms with Gasteiger partial charge in [-0.3, -0.25) is 0 Å². The quantitative estimate of drug-likeness (QED) is 0.368. The molecule has 0 aliphatic heterocycles. The molecule has 0 aliphatic rings. The van der Waals surface area contributed by atoms with Crippen LogP contribution in [-0.4, -0.2) is 34.8 Å². The summed E-state index contributed by atoms with van der Waals surface area (Å²) >= 11 is 4.29. The lowest BCUT2D eigenvalue weighted by Gasteiger charge is -2.05. The predicted molar refractivity (Wildman–Crippen MR) is 58.9 cm³/mol. The molecule has 0 aromatic rings. The summed E-state index contributed by atoms with van der Waals surface area (Å²) < 4.78 is 10.7. The first kappa shape index (κ1) is 12.5. The molecule has 0 saturated carbocycles. The maximum absolute atomic E-state index is 5.50. The second kappa shape index (κ2) is 9.57. The number of hydrogen-bond acceptors (Lipinski definition) is 3. The Labute approximate surface area is 83.4 Å². The van der Waals surface area contributed by atoms with Gasteiger partial charge in [-0.05, 0) is 24.6 Å². The van der Waals surface area contributed by atoms with Crippen molar-refractivity contribution >= 4 is 22.4 Å². The Hall–Kier alpha value is 0.487. The van der Waals surface area contributed by atoms with Crippen molar-refractivity contribution < 1.29 is 9.16 Å². The van der Waals surface area contributed by atoms with Crippen LogP contribution in [-0.2, 0) is 9.16 Å². The van der Waals surface area contributed by atoms with Crippen molar-refractivity contribution in [3.8, 4) is 0 Å². The minimum Gasteiger partial charge on any atom is -0.424 e. The molecule has 0 aromatic carbocycles. The molecule has 1 unspecified atom stereocenters. The molecular formula is C8H20O2SSi. The van der Waals surface area contributed by atoms with Crippen molar-refractivity contribution in [1.29, 1.82) is 0 Å². The van der Waals surface area contributed by atoms with Crippen LogP contribution in [0.15, 0.2) is 0 Å². The molecule has 0 bridgehead atoms. The van der Waals surface area contributed by atoms with Gasteiger partial charge in [0, 0.05) is 19.8 Å². The summed E-state index contributed by atoms with van der Waals surface area (Å²) in [7, 11) is -0.302. The summed E-state index contributed by atoms with van der Waals surface area (Å²) in [6.45, 7) is 6.64. The zero-order chi connectivity index (χ0) is 9.23. The second-order valence-electron chi connectivity index (χ2n) is 2.80. The van der Waals surface area contributed by atoms with Crippen LogP contribution < -0.4 is 0 Å². The van der Waals surface area contributed by atoms with E-state index in [0.717, 1.165) is 32.3 Å². The Morgan fingerprint density at radius 3 is 2.75 bits per heavy atom. The lowest BCUT2D eigenvalue weighted by Crippen LogP contribution is -2.07. The van der Waals surface area contributed by atoms with E-state index in [1.807, 2.05) is 6.92 Å². The van der Waals surface area contributed by atoms with E-state index in [1.54, 1.807) is 0 Å². The standard InChI is InChI=1S/C8H20O2SSi/c1-3-9-5-4-6-10-12-7-8(2)11/h8,11H,3-7,12H2,1-2H3. The van der Waals surface area contributed by atoms with E-state index in [-0.39, 0.29) is 9.76 Å². The van der Waals surface area contributed by atoms with Gasteiger partial charge in [-0.1, -0.05) is 6.92 Å². The Morgan fingerprint density at radius 1 is 1.42 bits per heavy atom. The number of hydrogen-bond donors (Lipinski definition) is 1. The Balaban J connectivity index is 2.82. The van der Waals surface area contributed by atoms with Gasteiger partial charge in [0.2, 0.25) is 0 Å². The van der Waals surface area contributed by atoms with E-state index >= 15 is 0 Å². The Morgan fingerprint density at radius 2 is 2.17 bits per heavy atom. The van der Waals surface area contributed by atoms with E-state index < -0.39 is 0 Å². The van der Waals surface area contributed by atoms with Gasteiger partial charge in [0.25, 0.3) is 0 Å². The first-order valence-electron chi connectivity index (χ1n) is 4.61. The molecule has 1 atom stereocenters. The maximum atomic E-state index is 5.50. The highest BCUT2D eigenvalue weighted by Gasteiger charge is 1.95. The van der Waals surface area contributed by atoms with E-state index in [1.165, 1.54) is 0 Å². The molecule has 12 heavy (non-hydrogen) atoms. The van der Waals surface area contributed by atoms with Crippen LogP contribution in [0.2, 0.25) is 6.04 Å². The third kappa shape index (κ3) is 10.5. The highest BCUT2D eigenvalue weighted by atomic mass is 32.1. The molecule has 0 radical (unpaired) electrons. The van der Waals surface area contributed by atoms with Crippen molar-refractivity contribution in [2.45, 2.75) is 31.6 Å². The Bertz CT molecular complexity index is 91.1. The molecule has 4 heteroatoms. The number of thiol groups is 1. The minimum absolute atomic E-state index is 0.302. The predicted octanol–water partition coefficient (Wildman–Crippen LogP) is 1.25. The van der Waals surface area contributed by atoms with Gasteiger partial charge in [-0.2, -0.15) is 12.6 Å². The van der Waals surface area contributed by atoms with E-state index in [4.69, 9.17) is 9.16 Å². The maximum Gasteiger partial charge on any atom is 0.162 e. The monoisotopic (exact) mass is 208 g/mol. The number of rotatable bonds is 8. The minimum atomic E-state index is -0.302. The smallest absolute Gasteiger partial charge is 0.162 e. The molecule has 0 aromatic heterocycles. The van der Waals surface area contributed by atoms with E-state index in [2.05, 4.69) is 19.6 Å². The third-order valence-electron chi connectivity index (χ3n) is 1.46. The van der Waals surface area contributed by atoms with Crippen molar-refractivity contribution in [3.63, 3.8) is 0 Å². The molecule has 0 saturated heterocycles. The van der Waals surface area contributed by atoms with Crippen LogP contribution >= 0.6 is 12.6 Å². The summed E-state index contributed by atoms with van der Waals surface area (Å²) in [6.07, 6.45) is 1.03. The summed E-state index contributed by atoms with van der Waals surface area (Å²) in [4.78, 5) is 0. The molecule has 0 aliphatic carbocycles. The fourth-order valence-corrected chi connectivity index (χ4v) is 2.00. The fourth-order valence-electron chi connectivity index (χ4n) is 0.763. The Kier molecular flexibility index (Phi) is 9.96. The zero-order valence-electron chi connectivity index (χ0n) is 8.08. The highest BCUT2D eigenvalue weighted by Crippen LogP contribution is 1.98. The summed E-state index contributed by atoms with van der Waals surface area (Å²) in [5.74, 6) is 0. The molecule has 0 rings (SSSR count). The lowest BCUT2D eigenvalue weighted by molar-refractivity contribution is 0.131. The molecule has 0 heterocycles. The summed E-state index contributed by atoms with van der Waals surface area (Å²) in [6, 6.07) is 1.16. The largest absolute Gasteiger partial charge is 0.424 e. The van der Waals surface area contributed by atoms with E-state index in [9.17, 15) is 0 Å². The lowest BCUT2D eigenvalue weighted by atomic mass is 10.5. The molecule has 0 spiro atoms.